The van der Waals surface area contributed by atoms with Gasteiger partial charge in [-0.1, -0.05) is 6.92 Å². The van der Waals surface area contributed by atoms with Gasteiger partial charge in [0.25, 0.3) is 0 Å². The number of carbonyl (C=O) groups excluding carboxylic acids is 1. The van der Waals surface area contributed by atoms with Crippen molar-refractivity contribution < 1.29 is 14.5 Å². The number of carbonyl (C=O) groups is 1. The standard InChI is InChI=1S/C12H21N5O4/c1-4-6-16-12(11(17(19)20)9(2)15-16)14-8-10(18)13-5-7-21-3/h14H,4-8H2,1-3H3,(H,13,18). The Morgan fingerprint density at radius 3 is 2.81 bits per heavy atom. The van der Waals surface area contributed by atoms with Gasteiger partial charge in [-0.3, -0.25) is 14.9 Å². The summed E-state index contributed by atoms with van der Waals surface area (Å²) >= 11 is 0. The second kappa shape index (κ2) is 8.20. The number of hydrogen-bond donors (Lipinski definition) is 2. The van der Waals surface area contributed by atoms with Gasteiger partial charge in [0.05, 0.1) is 18.1 Å². The first-order chi connectivity index (χ1) is 10.0. The highest BCUT2D eigenvalue weighted by atomic mass is 16.6. The molecule has 1 aromatic rings. The van der Waals surface area contributed by atoms with Crippen molar-refractivity contribution in [1.82, 2.24) is 15.1 Å². The van der Waals surface area contributed by atoms with Crippen molar-refractivity contribution in [3.63, 3.8) is 0 Å². The minimum Gasteiger partial charge on any atom is -0.383 e. The summed E-state index contributed by atoms with van der Waals surface area (Å²) in [6, 6.07) is 0. The van der Waals surface area contributed by atoms with Crippen molar-refractivity contribution in [1.29, 1.82) is 0 Å². The number of nitro groups is 1. The third-order valence-electron chi connectivity index (χ3n) is 2.76. The van der Waals surface area contributed by atoms with Gasteiger partial charge in [-0.15, -0.1) is 0 Å². The molecule has 0 aliphatic carbocycles. The summed E-state index contributed by atoms with van der Waals surface area (Å²) in [5.74, 6) is 0.00416. The van der Waals surface area contributed by atoms with Crippen LogP contribution in [0.4, 0.5) is 11.5 Å². The highest BCUT2D eigenvalue weighted by Gasteiger charge is 2.25. The van der Waals surface area contributed by atoms with Gasteiger partial charge in [0.15, 0.2) is 0 Å². The molecule has 0 spiro atoms. The molecule has 9 nitrogen and oxygen atoms in total. The largest absolute Gasteiger partial charge is 0.383 e. The molecular formula is C12H21N5O4. The predicted octanol–water partition coefficient (Wildman–Crippen LogP) is 0.684. The fourth-order valence-corrected chi connectivity index (χ4v) is 1.86. The molecule has 0 bridgehead atoms. The Labute approximate surface area is 122 Å². The molecular weight excluding hydrogens is 278 g/mol. The van der Waals surface area contributed by atoms with Crippen LogP contribution in [0.25, 0.3) is 0 Å². The lowest BCUT2D eigenvalue weighted by molar-refractivity contribution is -0.384. The Bertz CT molecular complexity index is 500. The highest BCUT2D eigenvalue weighted by Crippen LogP contribution is 2.28. The van der Waals surface area contributed by atoms with E-state index in [-0.39, 0.29) is 24.0 Å². The summed E-state index contributed by atoms with van der Waals surface area (Å²) in [5, 5.41) is 20.7. The van der Waals surface area contributed by atoms with Gasteiger partial charge in [0, 0.05) is 20.2 Å². The Hall–Kier alpha value is -2.16. The number of ether oxygens (including phenoxy) is 1. The lowest BCUT2D eigenvalue weighted by Gasteiger charge is -2.09. The average molecular weight is 299 g/mol. The summed E-state index contributed by atoms with van der Waals surface area (Å²) in [6.45, 7) is 4.82. The summed E-state index contributed by atoms with van der Waals surface area (Å²) in [5.41, 5.74) is 0.240. The molecule has 1 amide bonds. The number of aromatic nitrogens is 2. The zero-order valence-electron chi connectivity index (χ0n) is 12.5. The fourth-order valence-electron chi connectivity index (χ4n) is 1.86. The van der Waals surface area contributed by atoms with Crippen LogP contribution in [0, 0.1) is 17.0 Å². The van der Waals surface area contributed by atoms with E-state index in [0.29, 0.717) is 25.4 Å². The smallest absolute Gasteiger partial charge is 0.333 e. The normalized spacial score (nSPS) is 10.4. The molecule has 1 aromatic heterocycles. The van der Waals surface area contributed by atoms with Crippen LogP contribution in [0.1, 0.15) is 19.0 Å². The molecule has 0 aromatic carbocycles. The van der Waals surface area contributed by atoms with E-state index < -0.39 is 4.92 Å². The van der Waals surface area contributed by atoms with Gasteiger partial charge in [0.1, 0.15) is 5.69 Å². The van der Waals surface area contributed by atoms with E-state index in [9.17, 15) is 14.9 Å². The summed E-state index contributed by atoms with van der Waals surface area (Å²) in [4.78, 5) is 22.2. The maximum atomic E-state index is 11.6. The topological polar surface area (TPSA) is 111 Å². The lowest BCUT2D eigenvalue weighted by atomic mass is 10.3. The van der Waals surface area contributed by atoms with Crippen molar-refractivity contribution in [3.05, 3.63) is 15.8 Å². The quantitative estimate of drug-likeness (QED) is 0.394. The number of anilines is 1. The van der Waals surface area contributed by atoms with Crippen LogP contribution in [0.2, 0.25) is 0 Å². The summed E-state index contributed by atoms with van der Waals surface area (Å²) in [6.07, 6.45) is 0.785. The zero-order chi connectivity index (χ0) is 15.8. The molecule has 0 unspecified atom stereocenters. The molecule has 0 aliphatic heterocycles. The minimum absolute atomic E-state index is 0.0561. The first-order valence-corrected chi connectivity index (χ1v) is 6.72. The van der Waals surface area contributed by atoms with E-state index in [2.05, 4.69) is 15.7 Å². The van der Waals surface area contributed by atoms with E-state index in [1.54, 1.807) is 14.0 Å². The van der Waals surface area contributed by atoms with Gasteiger partial charge >= 0.3 is 5.69 Å². The lowest BCUT2D eigenvalue weighted by Crippen LogP contribution is -2.32. The first kappa shape index (κ1) is 16.9. The minimum atomic E-state index is -0.486. The van der Waals surface area contributed by atoms with Crippen LogP contribution in [-0.2, 0) is 16.1 Å². The predicted molar refractivity (Wildman–Crippen MR) is 77.3 cm³/mol. The number of aryl methyl sites for hydroxylation is 2. The van der Waals surface area contributed by atoms with Crippen molar-refractivity contribution in [2.75, 3.05) is 32.1 Å². The highest BCUT2D eigenvalue weighted by molar-refractivity contribution is 5.81. The van der Waals surface area contributed by atoms with Crippen LogP contribution in [0.5, 0.6) is 0 Å². The molecule has 0 saturated carbocycles. The number of methoxy groups -OCH3 is 1. The molecule has 2 N–H and O–H groups in total. The third-order valence-corrected chi connectivity index (χ3v) is 2.76. The number of nitrogens with zero attached hydrogens (tertiary/aromatic N) is 3. The number of rotatable bonds is 9. The first-order valence-electron chi connectivity index (χ1n) is 6.72. The molecule has 0 aliphatic rings. The number of nitrogens with one attached hydrogen (secondary N) is 2. The molecule has 0 atom stereocenters. The number of hydrogen-bond acceptors (Lipinski definition) is 6. The van der Waals surface area contributed by atoms with Gasteiger partial charge in [-0.2, -0.15) is 5.10 Å². The van der Waals surface area contributed by atoms with E-state index in [1.165, 1.54) is 4.68 Å². The maximum absolute atomic E-state index is 11.6. The monoisotopic (exact) mass is 299 g/mol. The Morgan fingerprint density at radius 1 is 1.52 bits per heavy atom. The zero-order valence-corrected chi connectivity index (χ0v) is 12.5. The summed E-state index contributed by atoms with van der Waals surface area (Å²) < 4.78 is 6.35. The van der Waals surface area contributed by atoms with Gasteiger partial charge in [-0.05, 0) is 13.3 Å². The van der Waals surface area contributed by atoms with Gasteiger partial charge < -0.3 is 15.4 Å². The van der Waals surface area contributed by atoms with Crippen LogP contribution < -0.4 is 10.6 Å². The van der Waals surface area contributed by atoms with Crippen molar-refractivity contribution in [2.45, 2.75) is 26.8 Å². The molecule has 1 heterocycles. The van der Waals surface area contributed by atoms with Gasteiger partial charge in [-0.25, -0.2) is 4.68 Å². The van der Waals surface area contributed by atoms with Crippen LogP contribution in [0.15, 0.2) is 0 Å². The average Bonchev–Trinajstić information content (AvgIpc) is 2.73. The fraction of sp³-hybridized carbons (Fsp3) is 0.667. The summed E-state index contributed by atoms with van der Waals surface area (Å²) in [7, 11) is 1.54. The molecule has 21 heavy (non-hydrogen) atoms. The van der Waals surface area contributed by atoms with Crippen LogP contribution in [0.3, 0.4) is 0 Å². The molecule has 0 fully saturated rings. The maximum Gasteiger partial charge on any atom is 0.333 e. The van der Waals surface area contributed by atoms with Crippen molar-refractivity contribution in [2.24, 2.45) is 0 Å². The SMILES string of the molecule is CCCn1nc(C)c([N+](=O)[O-])c1NCC(=O)NCCOC. The molecule has 9 heteroatoms. The van der Waals surface area contributed by atoms with E-state index in [0.717, 1.165) is 6.42 Å². The van der Waals surface area contributed by atoms with Crippen LogP contribution >= 0.6 is 0 Å². The molecule has 1 rings (SSSR count). The third kappa shape index (κ3) is 4.71. The Morgan fingerprint density at radius 2 is 2.24 bits per heavy atom. The van der Waals surface area contributed by atoms with E-state index in [1.807, 2.05) is 6.92 Å². The van der Waals surface area contributed by atoms with Crippen molar-refractivity contribution in [3.8, 4) is 0 Å². The second-order valence-corrected chi connectivity index (χ2v) is 4.46. The van der Waals surface area contributed by atoms with Gasteiger partial charge in [0.2, 0.25) is 11.7 Å². The molecule has 118 valence electrons. The molecule has 0 saturated heterocycles. The Balaban J connectivity index is 2.76. The second-order valence-electron chi connectivity index (χ2n) is 4.46. The van der Waals surface area contributed by atoms with Crippen LogP contribution in [-0.4, -0.2) is 47.4 Å². The van der Waals surface area contributed by atoms with E-state index >= 15 is 0 Å². The number of amides is 1. The Kier molecular flexibility index (Phi) is 6.60. The van der Waals surface area contributed by atoms with E-state index in [4.69, 9.17) is 4.74 Å². The van der Waals surface area contributed by atoms with Crippen molar-refractivity contribution >= 4 is 17.4 Å². The molecule has 0 radical (unpaired) electrons.